The van der Waals surface area contributed by atoms with Crippen LogP contribution >= 0.6 is 0 Å². The van der Waals surface area contributed by atoms with E-state index < -0.39 is 0 Å². The van der Waals surface area contributed by atoms with Crippen molar-refractivity contribution in [2.24, 2.45) is 0 Å². The Morgan fingerprint density at radius 1 is 1.32 bits per heavy atom. The molecule has 0 saturated carbocycles. The summed E-state index contributed by atoms with van der Waals surface area (Å²) in [5.41, 5.74) is 4.11. The number of nitrogens with zero attached hydrogens (tertiary/aromatic N) is 1. The quantitative estimate of drug-likeness (QED) is 0.752. The second-order valence-corrected chi connectivity index (χ2v) is 6.21. The van der Waals surface area contributed by atoms with Crippen molar-refractivity contribution in [1.29, 1.82) is 0 Å². The number of carbonyl (C=O) groups excluding carboxylic acids is 2. The summed E-state index contributed by atoms with van der Waals surface area (Å²) >= 11 is 0. The zero-order chi connectivity index (χ0) is 17.6. The third kappa shape index (κ3) is 4.64. The second-order valence-electron chi connectivity index (χ2n) is 6.21. The molecule has 0 spiro atoms. The molecule has 1 aromatic carbocycles. The number of nitrogens with one attached hydrogen (secondary N) is 3. The van der Waals surface area contributed by atoms with Gasteiger partial charge in [0.1, 0.15) is 0 Å². The molecule has 1 unspecified atom stereocenters. The van der Waals surface area contributed by atoms with Gasteiger partial charge in [-0.2, -0.15) is 0 Å². The van der Waals surface area contributed by atoms with Crippen molar-refractivity contribution in [3.8, 4) is 0 Å². The Bertz CT molecular complexity index is 761. The number of aryl methyl sites for hydroxylation is 1. The fourth-order valence-corrected chi connectivity index (χ4v) is 2.80. The zero-order valence-corrected chi connectivity index (χ0v) is 14.2. The molecule has 0 saturated heterocycles. The molecule has 0 aliphatic carbocycles. The van der Waals surface area contributed by atoms with Gasteiger partial charge in [-0.25, -0.2) is 0 Å². The van der Waals surface area contributed by atoms with E-state index in [9.17, 15) is 9.59 Å². The van der Waals surface area contributed by atoms with Crippen LogP contribution in [0.15, 0.2) is 42.7 Å². The first-order valence-corrected chi connectivity index (χ1v) is 8.43. The lowest BCUT2D eigenvalue weighted by Crippen LogP contribution is -2.34. The van der Waals surface area contributed by atoms with Gasteiger partial charge in [0.15, 0.2) is 0 Å². The summed E-state index contributed by atoms with van der Waals surface area (Å²) in [4.78, 5) is 27.4. The van der Waals surface area contributed by atoms with Crippen molar-refractivity contribution >= 4 is 17.5 Å². The molecule has 0 radical (unpaired) electrons. The smallest absolute Gasteiger partial charge is 0.234 e. The first-order valence-electron chi connectivity index (χ1n) is 8.43. The van der Waals surface area contributed by atoms with Crippen LogP contribution in [0, 0.1) is 0 Å². The van der Waals surface area contributed by atoms with E-state index in [1.54, 1.807) is 12.4 Å². The van der Waals surface area contributed by atoms with Gasteiger partial charge in [0.25, 0.3) is 0 Å². The van der Waals surface area contributed by atoms with Gasteiger partial charge >= 0.3 is 0 Å². The summed E-state index contributed by atoms with van der Waals surface area (Å²) < 4.78 is 0. The minimum absolute atomic E-state index is 0.0482. The Balaban J connectivity index is 1.49. The van der Waals surface area contributed by atoms with Crippen LogP contribution in [0.5, 0.6) is 0 Å². The van der Waals surface area contributed by atoms with Crippen LogP contribution < -0.4 is 16.0 Å². The molecule has 1 aromatic heterocycles. The fourth-order valence-electron chi connectivity index (χ4n) is 2.80. The lowest BCUT2D eigenvalue weighted by atomic mass is 9.98. The number of pyridine rings is 1. The van der Waals surface area contributed by atoms with Crippen LogP contribution in [0.1, 0.15) is 36.1 Å². The molecule has 1 atom stereocenters. The van der Waals surface area contributed by atoms with Crippen LogP contribution in [-0.2, 0) is 22.6 Å². The molecule has 0 bridgehead atoms. The van der Waals surface area contributed by atoms with Crippen molar-refractivity contribution in [3.63, 3.8) is 0 Å². The number of rotatable bonds is 6. The Morgan fingerprint density at radius 3 is 3.00 bits per heavy atom. The van der Waals surface area contributed by atoms with E-state index in [0.29, 0.717) is 13.0 Å². The van der Waals surface area contributed by atoms with Crippen LogP contribution in [0.2, 0.25) is 0 Å². The van der Waals surface area contributed by atoms with E-state index in [4.69, 9.17) is 0 Å². The fraction of sp³-hybridized carbons (Fsp3) is 0.316. The topological polar surface area (TPSA) is 83.1 Å². The average Bonchev–Trinajstić information content (AvgIpc) is 2.64. The van der Waals surface area contributed by atoms with Crippen molar-refractivity contribution in [2.45, 2.75) is 32.4 Å². The molecular formula is C19H22N4O2. The van der Waals surface area contributed by atoms with Crippen molar-refractivity contribution in [2.75, 3.05) is 11.9 Å². The molecule has 3 N–H and O–H groups in total. The third-order valence-electron chi connectivity index (χ3n) is 4.31. The van der Waals surface area contributed by atoms with Crippen LogP contribution in [0.3, 0.4) is 0 Å². The Labute approximate surface area is 147 Å². The maximum Gasteiger partial charge on any atom is 0.234 e. The number of fused-ring (bicyclic) bond motifs is 1. The maximum absolute atomic E-state index is 12.0. The molecule has 6 heteroatoms. The van der Waals surface area contributed by atoms with Crippen molar-refractivity contribution in [1.82, 2.24) is 15.6 Å². The Morgan fingerprint density at radius 2 is 2.20 bits per heavy atom. The van der Waals surface area contributed by atoms with E-state index in [1.165, 1.54) is 0 Å². The lowest BCUT2D eigenvalue weighted by Gasteiger charge is -2.20. The third-order valence-corrected chi connectivity index (χ3v) is 4.31. The van der Waals surface area contributed by atoms with E-state index in [1.807, 2.05) is 31.2 Å². The van der Waals surface area contributed by atoms with Gasteiger partial charge < -0.3 is 16.0 Å². The van der Waals surface area contributed by atoms with Crippen LogP contribution in [0.25, 0.3) is 0 Å². The molecule has 2 aromatic rings. The molecule has 1 aliphatic rings. The summed E-state index contributed by atoms with van der Waals surface area (Å²) in [5.74, 6) is 0.0117. The molecule has 6 nitrogen and oxygen atoms in total. The highest BCUT2D eigenvalue weighted by molar-refractivity contribution is 5.93. The van der Waals surface area contributed by atoms with Crippen molar-refractivity contribution in [3.05, 3.63) is 59.4 Å². The molecule has 2 heterocycles. The standard InChI is InChI=1S/C19H22N4O2/c1-13(15-4-6-17-16(9-15)5-7-18(24)23-17)21-12-19(25)22-11-14-3-2-8-20-10-14/h2-4,6,8-10,13,21H,5,7,11-12H2,1H3,(H,22,25)(H,23,24). The number of aromatic nitrogens is 1. The van der Waals surface area contributed by atoms with E-state index in [0.717, 1.165) is 28.8 Å². The normalized spacial score (nSPS) is 14.4. The molecule has 3 rings (SSSR count). The number of amides is 2. The van der Waals surface area contributed by atoms with E-state index in [2.05, 4.69) is 27.0 Å². The molecular weight excluding hydrogens is 316 g/mol. The monoisotopic (exact) mass is 338 g/mol. The maximum atomic E-state index is 12.0. The van der Waals surface area contributed by atoms with Crippen molar-refractivity contribution < 1.29 is 9.59 Å². The second kappa shape index (κ2) is 7.90. The number of hydrogen-bond acceptors (Lipinski definition) is 4. The SMILES string of the molecule is CC(NCC(=O)NCc1cccnc1)c1ccc2c(c1)CCC(=O)N2. The number of benzene rings is 1. The highest BCUT2D eigenvalue weighted by atomic mass is 16.2. The first-order chi connectivity index (χ1) is 12.1. The van der Waals surface area contributed by atoms with Crippen LogP contribution in [0.4, 0.5) is 5.69 Å². The Hall–Kier alpha value is -2.73. The van der Waals surface area contributed by atoms with Gasteiger partial charge in [0.2, 0.25) is 11.8 Å². The molecule has 2 amide bonds. The highest BCUT2D eigenvalue weighted by Gasteiger charge is 2.16. The van der Waals surface area contributed by atoms with Gasteiger partial charge in [0.05, 0.1) is 6.54 Å². The summed E-state index contributed by atoms with van der Waals surface area (Å²) in [6.07, 6.45) is 4.73. The molecule has 1 aliphatic heterocycles. The first kappa shape index (κ1) is 17.1. The highest BCUT2D eigenvalue weighted by Crippen LogP contribution is 2.25. The molecule has 0 fully saturated rings. The summed E-state index contributed by atoms with van der Waals surface area (Å²) in [6, 6.07) is 9.83. The van der Waals surface area contributed by atoms with Gasteiger partial charge in [-0.15, -0.1) is 0 Å². The largest absolute Gasteiger partial charge is 0.351 e. The summed E-state index contributed by atoms with van der Waals surface area (Å²) in [5, 5.41) is 8.99. The predicted octanol–water partition coefficient (Wildman–Crippen LogP) is 1.93. The average molecular weight is 338 g/mol. The minimum Gasteiger partial charge on any atom is -0.351 e. The van der Waals surface area contributed by atoms with Gasteiger partial charge in [0, 0.05) is 37.1 Å². The molecule has 25 heavy (non-hydrogen) atoms. The molecule has 130 valence electrons. The van der Waals surface area contributed by atoms with Crippen LogP contribution in [-0.4, -0.2) is 23.3 Å². The van der Waals surface area contributed by atoms with Gasteiger partial charge in [-0.3, -0.25) is 14.6 Å². The van der Waals surface area contributed by atoms with E-state index >= 15 is 0 Å². The summed E-state index contributed by atoms with van der Waals surface area (Å²) in [7, 11) is 0. The zero-order valence-electron chi connectivity index (χ0n) is 14.2. The minimum atomic E-state index is -0.0547. The van der Waals surface area contributed by atoms with Gasteiger partial charge in [-0.05, 0) is 42.2 Å². The number of carbonyl (C=O) groups is 2. The lowest BCUT2D eigenvalue weighted by molar-refractivity contribution is -0.120. The van der Waals surface area contributed by atoms with Gasteiger partial charge in [-0.1, -0.05) is 18.2 Å². The predicted molar refractivity (Wildman–Crippen MR) is 95.9 cm³/mol. The summed E-state index contributed by atoms with van der Waals surface area (Å²) in [6.45, 7) is 2.74. The van der Waals surface area contributed by atoms with E-state index in [-0.39, 0.29) is 24.4 Å². The number of anilines is 1. The number of hydrogen-bond donors (Lipinski definition) is 3. The Kier molecular flexibility index (Phi) is 5.40.